The summed E-state index contributed by atoms with van der Waals surface area (Å²) in [6, 6.07) is 27.0. The summed E-state index contributed by atoms with van der Waals surface area (Å²) in [4.78, 5) is 30.2. The van der Waals surface area contributed by atoms with E-state index in [-0.39, 0.29) is 23.0 Å². The third-order valence-electron chi connectivity index (χ3n) is 6.41. The fraction of sp³-hybridized carbons (Fsp3) is 0.121. The van der Waals surface area contributed by atoms with Crippen LogP contribution >= 0.6 is 27.7 Å². The molecule has 1 aliphatic rings. The van der Waals surface area contributed by atoms with Gasteiger partial charge in [0.1, 0.15) is 28.7 Å². The first-order chi connectivity index (χ1) is 19.8. The van der Waals surface area contributed by atoms with Crippen molar-refractivity contribution in [3.05, 3.63) is 128 Å². The van der Waals surface area contributed by atoms with Gasteiger partial charge in [-0.15, -0.1) is 0 Å². The van der Waals surface area contributed by atoms with Gasteiger partial charge >= 0.3 is 5.97 Å². The minimum Gasteiger partial charge on any atom is -0.506 e. The molecular weight excluding hydrogens is 602 g/mol. The second-order valence-electron chi connectivity index (χ2n) is 9.25. The highest BCUT2D eigenvalue weighted by Gasteiger charge is 2.34. The number of rotatable bonds is 7. The molecule has 0 radical (unpaired) electrons. The Morgan fingerprint density at radius 2 is 1.73 bits per heavy atom. The van der Waals surface area contributed by atoms with Gasteiger partial charge in [-0.1, -0.05) is 72.4 Å². The summed E-state index contributed by atoms with van der Waals surface area (Å²) in [6.45, 7) is 4.00. The van der Waals surface area contributed by atoms with Crippen LogP contribution in [0.5, 0.6) is 5.75 Å². The molecule has 0 fully saturated rings. The molecule has 4 aromatic rings. The summed E-state index contributed by atoms with van der Waals surface area (Å²) in [5, 5.41) is 13.4. The molecule has 0 aliphatic carbocycles. The van der Waals surface area contributed by atoms with Crippen molar-refractivity contribution in [3.8, 4) is 5.75 Å². The van der Waals surface area contributed by atoms with Crippen molar-refractivity contribution in [2.24, 2.45) is 4.99 Å². The van der Waals surface area contributed by atoms with E-state index in [1.54, 1.807) is 25.1 Å². The summed E-state index contributed by atoms with van der Waals surface area (Å²) < 4.78 is 11.9. The number of hydrogen-bond acceptors (Lipinski definition) is 6. The summed E-state index contributed by atoms with van der Waals surface area (Å²) in [6.07, 6.45) is 1.72. The minimum atomic E-state index is -0.740. The topological polar surface area (TPSA) is 85.2 Å². The van der Waals surface area contributed by atoms with Gasteiger partial charge < -0.3 is 14.6 Å². The molecule has 0 saturated carbocycles. The van der Waals surface area contributed by atoms with E-state index in [1.807, 2.05) is 55.5 Å². The maximum Gasteiger partial charge on any atom is 0.344 e. The van der Waals surface area contributed by atoms with E-state index < -0.39 is 11.9 Å². The standard InChI is InChI=1S/C33H26BrNO5S/c1-3-39-33(38)29-30(36)28(41-32(29)35-31(37)25-11-7-4-8-20(25)2)18-21-13-15-27(26(34)17-21)40-19-22-12-14-23-9-5-6-10-24(23)16-22/h4-18,36H,3,19H2,1-2H3/b28-18-,35-32?. The Hall–Kier alpha value is -4.14. The van der Waals surface area contributed by atoms with Crippen molar-refractivity contribution in [1.82, 2.24) is 0 Å². The number of benzene rings is 4. The van der Waals surface area contributed by atoms with E-state index >= 15 is 0 Å². The Morgan fingerprint density at radius 1 is 0.976 bits per heavy atom. The molecule has 8 heteroatoms. The van der Waals surface area contributed by atoms with E-state index in [4.69, 9.17) is 9.47 Å². The number of hydrogen-bond donors (Lipinski definition) is 1. The van der Waals surface area contributed by atoms with Crippen molar-refractivity contribution in [2.45, 2.75) is 20.5 Å². The fourth-order valence-corrected chi connectivity index (χ4v) is 5.85. The first-order valence-corrected chi connectivity index (χ1v) is 14.5. The highest BCUT2D eigenvalue weighted by molar-refractivity contribution is 9.10. The molecule has 0 saturated heterocycles. The maximum absolute atomic E-state index is 12.9. The van der Waals surface area contributed by atoms with Crippen molar-refractivity contribution >= 4 is 61.5 Å². The number of aryl methyl sites for hydroxylation is 1. The van der Waals surface area contributed by atoms with Gasteiger partial charge in [0.05, 0.1) is 16.0 Å². The van der Waals surface area contributed by atoms with Crippen molar-refractivity contribution in [3.63, 3.8) is 0 Å². The molecular formula is C33H26BrNO5S. The highest BCUT2D eigenvalue weighted by Crippen LogP contribution is 2.40. The van der Waals surface area contributed by atoms with Crippen LogP contribution in [0.15, 0.2) is 111 Å². The minimum absolute atomic E-state index is 0.0925. The monoisotopic (exact) mass is 627 g/mol. The number of carbonyl (C=O) groups is 2. The van der Waals surface area contributed by atoms with E-state index in [9.17, 15) is 14.7 Å². The summed E-state index contributed by atoms with van der Waals surface area (Å²) >= 11 is 4.62. The number of nitrogens with zero attached hydrogens (tertiary/aromatic N) is 1. The van der Waals surface area contributed by atoms with Gasteiger partial charge in [0, 0.05) is 5.56 Å². The number of halogens is 1. The van der Waals surface area contributed by atoms with Crippen LogP contribution in [0, 0.1) is 6.92 Å². The molecule has 0 spiro atoms. The van der Waals surface area contributed by atoms with Gasteiger partial charge in [0.25, 0.3) is 5.91 Å². The summed E-state index contributed by atoms with van der Waals surface area (Å²) in [5.74, 6) is -0.858. The van der Waals surface area contributed by atoms with Crippen LogP contribution in [0.3, 0.4) is 0 Å². The molecule has 4 aromatic carbocycles. The highest BCUT2D eigenvalue weighted by atomic mass is 79.9. The molecule has 1 amide bonds. The molecule has 5 rings (SSSR count). The second-order valence-corrected chi connectivity index (χ2v) is 11.1. The van der Waals surface area contributed by atoms with Crippen LogP contribution < -0.4 is 4.74 Å². The molecule has 0 bridgehead atoms. The molecule has 0 unspecified atom stereocenters. The first kappa shape index (κ1) is 28.4. The van der Waals surface area contributed by atoms with Gasteiger partial charge in [0.2, 0.25) is 0 Å². The molecule has 41 heavy (non-hydrogen) atoms. The number of amides is 1. The predicted molar refractivity (Wildman–Crippen MR) is 167 cm³/mol. The van der Waals surface area contributed by atoms with Gasteiger partial charge in [0.15, 0.2) is 0 Å². The number of thioether (sulfide) groups is 1. The second kappa shape index (κ2) is 12.6. The lowest BCUT2D eigenvalue weighted by atomic mass is 10.1. The zero-order chi connectivity index (χ0) is 28.9. The van der Waals surface area contributed by atoms with Crippen LogP contribution in [0.1, 0.15) is 34.0 Å². The Bertz CT molecular complexity index is 1760. The van der Waals surface area contributed by atoms with Gasteiger partial charge in [-0.25, -0.2) is 9.79 Å². The number of carbonyl (C=O) groups excluding carboxylic acids is 2. The Morgan fingerprint density at radius 3 is 2.49 bits per heavy atom. The lowest BCUT2D eigenvalue weighted by Gasteiger charge is -2.10. The molecule has 1 heterocycles. The largest absolute Gasteiger partial charge is 0.506 e. The molecule has 6 nitrogen and oxygen atoms in total. The lowest BCUT2D eigenvalue weighted by molar-refractivity contribution is -0.138. The van der Waals surface area contributed by atoms with E-state index in [1.165, 1.54) is 5.39 Å². The molecule has 206 valence electrons. The summed E-state index contributed by atoms with van der Waals surface area (Å²) in [7, 11) is 0. The number of aliphatic imine (C=N–C) groups is 1. The molecule has 1 N–H and O–H groups in total. The first-order valence-electron chi connectivity index (χ1n) is 12.9. The van der Waals surface area contributed by atoms with Crippen LogP contribution in [0.4, 0.5) is 0 Å². The van der Waals surface area contributed by atoms with E-state index in [2.05, 4.69) is 45.2 Å². The zero-order valence-corrected chi connectivity index (χ0v) is 24.8. The van der Waals surface area contributed by atoms with Crippen LogP contribution in [-0.4, -0.2) is 28.6 Å². The molecule has 0 aromatic heterocycles. The molecule has 0 atom stereocenters. The third kappa shape index (κ3) is 6.45. The smallest absolute Gasteiger partial charge is 0.344 e. The maximum atomic E-state index is 12.9. The molecule has 1 aliphatic heterocycles. The Kier molecular flexibility index (Phi) is 8.71. The van der Waals surface area contributed by atoms with Crippen LogP contribution in [0.2, 0.25) is 0 Å². The normalized spacial score (nSPS) is 15.1. The van der Waals surface area contributed by atoms with E-state index in [0.29, 0.717) is 22.8 Å². The number of aliphatic hydroxyl groups excluding tert-OH is 1. The summed E-state index contributed by atoms with van der Waals surface area (Å²) in [5.41, 5.74) is 2.86. The Labute approximate surface area is 250 Å². The average Bonchev–Trinajstić information content (AvgIpc) is 3.26. The SMILES string of the molecule is CCOC(=O)C1=C(O)/C(=C/c2ccc(OCc3ccc4ccccc4c3)c(Br)c2)SC1=NC(=O)c1ccccc1C. The fourth-order valence-electron chi connectivity index (χ4n) is 4.32. The zero-order valence-electron chi connectivity index (χ0n) is 22.4. The van der Waals surface area contributed by atoms with Crippen molar-refractivity contribution in [1.29, 1.82) is 0 Å². The quantitative estimate of drug-likeness (QED) is 0.208. The van der Waals surface area contributed by atoms with E-state index in [0.717, 1.165) is 38.3 Å². The van der Waals surface area contributed by atoms with Gasteiger partial charge in [-0.05, 0) is 87.6 Å². The van der Waals surface area contributed by atoms with Crippen LogP contribution in [0.25, 0.3) is 16.8 Å². The lowest BCUT2D eigenvalue weighted by Crippen LogP contribution is -2.14. The van der Waals surface area contributed by atoms with Crippen molar-refractivity contribution < 1.29 is 24.2 Å². The average molecular weight is 629 g/mol. The number of aliphatic hydroxyl groups is 1. The van der Waals surface area contributed by atoms with Gasteiger partial charge in [-0.3, -0.25) is 4.79 Å². The number of ether oxygens (including phenoxy) is 2. The Balaban J connectivity index is 1.38. The van der Waals surface area contributed by atoms with Crippen LogP contribution in [-0.2, 0) is 16.1 Å². The third-order valence-corrected chi connectivity index (χ3v) is 8.05. The van der Waals surface area contributed by atoms with Gasteiger partial charge in [-0.2, -0.15) is 0 Å². The number of esters is 1. The number of fused-ring (bicyclic) bond motifs is 1. The predicted octanol–water partition coefficient (Wildman–Crippen LogP) is 8.19. The van der Waals surface area contributed by atoms with Crippen molar-refractivity contribution in [2.75, 3.05) is 6.61 Å².